The van der Waals surface area contributed by atoms with Crippen molar-refractivity contribution < 1.29 is 5.11 Å². The molecule has 13 heavy (non-hydrogen) atoms. The standard InChI is InChI=1S/C11H23NO/c1-9-4-5-10(2)11(8-9)12-6-3-7-13/h9-13H,3-8H2,1-2H3. The molecule has 1 fully saturated rings. The van der Waals surface area contributed by atoms with Crippen LogP contribution in [0.1, 0.15) is 39.5 Å². The van der Waals surface area contributed by atoms with E-state index in [4.69, 9.17) is 5.11 Å². The SMILES string of the molecule is CC1CCC(C)C(NCCCO)C1. The van der Waals surface area contributed by atoms with Gasteiger partial charge < -0.3 is 10.4 Å². The Morgan fingerprint density at radius 1 is 1.31 bits per heavy atom. The van der Waals surface area contributed by atoms with Gasteiger partial charge in [0.25, 0.3) is 0 Å². The summed E-state index contributed by atoms with van der Waals surface area (Å²) in [5.74, 6) is 1.69. The average molecular weight is 185 g/mol. The van der Waals surface area contributed by atoms with Crippen molar-refractivity contribution in [2.24, 2.45) is 11.8 Å². The molecule has 1 saturated carbocycles. The minimum Gasteiger partial charge on any atom is -0.396 e. The van der Waals surface area contributed by atoms with Crippen LogP contribution in [0.4, 0.5) is 0 Å². The van der Waals surface area contributed by atoms with Crippen LogP contribution in [0, 0.1) is 11.8 Å². The second-order valence-electron chi connectivity index (χ2n) is 4.53. The predicted octanol–water partition coefficient (Wildman–Crippen LogP) is 1.78. The molecule has 0 saturated heterocycles. The molecule has 2 heteroatoms. The summed E-state index contributed by atoms with van der Waals surface area (Å²) in [6, 6.07) is 0.690. The Balaban J connectivity index is 2.21. The molecule has 3 atom stereocenters. The Morgan fingerprint density at radius 3 is 2.77 bits per heavy atom. The fourth-order valence-electron chi connectivity index (χ4n) is 2.18. The first kappa shape index (κ1) is 11.0. The van der Waals surface area contributed by atoms with Crippen LogP contribution in [0.3, 0.4) is 0 Å². The van der Waals surface area contributed by atoms with Crippen LogP contribution in [-0.2, 0) is 0 Å². The lowest BCUT2D eigenvalue weighted by Crippen LogP contribution is -2.40. The van der Waals surface area contributed by atoms with Crippen molar-refractivity contribution in [1.82, 2.24) is 5.32 Å². The summed E-state index contributed by atoms with van der Waals surface area (Å²) in [5.41, 5.74) is 0. The largest absolute Gasteiger partial charge is 0.396 e. The van der Waals surface area contributed by atoms with E-state index in [0.717, 1.165) is 24.8 Å². The monoisotopic (exact) mass is 185 g/mol. The van der Waals surface area contributed by atoms with Gasteiger partial charge in [0.1, 0.15) is 0 Å². The quantitative estimate of drug-likeness (QED) is 0.654. The normalized spacial score (nSPS) is 34.8. The zero-order valence-electron chi connectivity index (χ0n) is 8.92. The molecule has 1 aliphatic rings. The van der Waals surface area contributed by atoms with Gasteiger partial charge in [0, 0.05) is 12.6 Å². The summed E-state index contributed by atoms with van der Waals surface area (Å²) in [6.45, 7) is 5.96. The molecule has 0 aromatic carbocycles. The third kappa shape index (κ3) is 3.65. The maximum atomic E-state index is 8.67. The van der Waals surface area contributed by atoms with Gasteiger partial charge in [0.05, 0.1) is 0 Å². The molecule has 0 aromatic rings. The van der Waals surface area contributed by atoms with E-state index in [1.165, 1.54) is 19.3 Å². The van der Waals surface area contributed by atoms with Crippen molar-refractivity contribution in [2.45, 2.75) is 45.6 Å². The molecule has 0 aromatic heterocycles. The number of hydrogen-bond donors (Lipinski definition) is 2. The molecule has 0 radical (unpaired) electrons. The van der Waals surface area contributed by atoms with E-state index in [1.807, 2.05) is 0 Å². The van der Waals surface area contributed by atoms with Gasteiger partial charge in [-0.1, -0.05) is 20.3 Å². The number of nitrogens with one attached hydrogen (secondary N) is 1. The molecule has 1 rings (SSSR count). The molecule has 78 valence electrons. The second kappa shape index (κ2) is 5.61. The van der Waals surface area contributed by atoms with E-state index in [9.17, 15) is 0 Å². The van der Waals surface area contributed by atoms with E-state index in [2.05, 4.69) is 19.2 Å². The smallest absolute Gasteiger partial charge is 0.0443 e. The molecule has 1 aliphatic carbocycles. The van der Waals surface area contributed by atoms with Gasteiger partial charge in [-0.25, -0.2) is 0 Å². The highest BCUT2D eigenvalue weighted by atomic mass is 16.3. The van der Waals surface area contributed by atoms with Crippen LogP contribution in [0.15, 0.2) is 0 Å². The predicted molar refractivity (Wildman–Crippen MR) is 55.7 cm³/mol. The third-order valence-electron chi connectivity index (χ3n) is 3.20. The summed E-state index contributed by atoms with van der Waals surface area (Å²) in [6.07, 6.45) is 4.95. The minimum atomic E-state index is 0.309. The van der Waals surface area contributed by atoms with Crippen molar-refractivity contribution in [1.29, 1.82) is 0 Å². The van der Waals surface area contributed by atoms with Crippen molar-refractivity contribution in [3.63, 3.8) is 0 Å². The second-order valence-corrected chi connectivity index (χ2v) is 4.53. The van der Waals surface area contributed by atoms with Gasteiger partial charge in [-0.2, -0.15) is 0 Å². The first-order chi connectivity index (χ1) is 6.24. The number of hydrogen-bond acceptors (Lipinski definition) is 2. The Bertz CT molecular complexity index is 138. The van der Waals surface area contributed by atoms with Crippen molar-refractivity contribution in [3.8, 4) is 0 Å². The summed E-state index contributed by atoms with van der Waals surface area (Å²) >= 11 is 0. The molecule has 3 unspecified atom stereocenters. The first-order valence-electron chi connectivity index (χ1n) is 5.58. The van der Waals surface area contributed by atoms with E-state index < -0.39 is 0 Å². The Labute approximate surface area is 81.7 Å². The highest BCUT2D eigenvalue weighted by Gasteiger charge is 2.24. The Morgan fingerprint density at radius 2 is 2.08 bits per heavy atom. The lowest BCUT2D eigenvalue weighted by Gasteiger charge is -2.33. The van der Waals surface area contributed by atoms with Gasteiger partial charge >= 0.3 is 0 Å². The summed E-state index contributed by atoms with van der Waals surface area (Å²) in [7, 11) is 0. The van der Waals surface area contributed by atoms with E-state index in [0.29, 0.717) is 12.6 Å². The summed E-state index contributed by atoms with van der Waals surface area (Å²) in [4.78, 5) is 0. The van der Waals surface area contributed by atoms with E-state index in [-0.39, 0.29) is 0 Å². The molecule has 0 aliphatic heterocycles. The molecule has 0 heterocycles. The number of rotatable bonds is 4. The van der Waals surface area contributed by atoms with Crippen LogP contribution in [0.5, 0.6) is 0 Å². The molecular formula is C11H23NO. The average Bonchev–Trinajstić information content (AvgIpc) is 2.11. The van der Waals surface area contributed by atoms with Crippen LogP contribution >= 0.6 is 0 Å². The summed E-state index contributed by atoms with van der Waals surface area (Å²) in [5, 5.41) is 12.2. The van der Waals surface area contributed by atoms with Crippen LogP contribution in [-0.4, -0.2) is 24.3 Å². The summed E-state index contributed by atoms with van der Waals surface area (Å²) < 4.78 is 0. The number of aliphatic hydroxyl groups is 1. The lowest BCUT2D eigenvalue weighted by molar-refractivity contribution is 0.220. The highest BCUT2D eigenvalue weighted by Crippen LogP contribution is 2.28. The fourth-order valence-corrected chi connectivity index (χ4v) is 2.18. The third-order valence-corrected chi connectivity index (χ3v) is 3.20. The first-order valence-corrected chi connectivity index (χ1v) is 5.58. The van der Waals surface area contributed by atoms with Gasteiger partial charge in [-0.05, 0) is 37.6 Å². The molecule has 2 nitrogen and oxygen atoms in total. The van der Waals surface area contributed by atoms with Crippen LogP contribution in [0.25, 0.3) is 0 Å². The minimum absolute atomic E-state index is 0.309. The van der Waals surface area contributed by atoms with Crippen molar-refractivity contribution in [2.75, 3.05) is 13.2 Å². The van der Waals surface area contributed by atoms with Crippen molar-refractivity contribution >= 4 is 0 Å². The maximum absolute atomic E-state index is 8.67. The van der Waals surface area contributed by atoms with Crippen molar-refractivity contribution in [3.05, 3.63) is 0 Å². The fraction of sp³-hybridized carbons (Fsp3) is 1.00. The van der Waals surface area contributed by atoms with E-state index >= 15 is 0 Å². The zero-order chi connectivity index (χ0) is 9.68. The molecular weight excluding hydrogens is 162 g/mol. The Kier molecular flexibility index (Phi) is 4.74. The molecule has 0 amide bonds. The topological polar surface area (TPSA) is 32.3 Å². The van der Waals surface area contributed by atoms with Gasteiger partial charge in [0.15, 0.2) is 0 Å². The van der Waals surface area contributed by atoms with Crippen LogP contribution < -0.4 is 5.32 Å². The van der Waals surface area contributed by atoms with Gasteiger partial charge in [-0.3, -0.25) is 0 Å². The lowest BCUT2D eigenvalue weighted by atomic mass is 9.80. The highest BCUT2D eigenvalue weighted by molar-refractivity contribution is 4.80. The Hall–Kier alpha value is -0.0800. The van der Waals surface area contributed by atoms with Gasteiger partial charge in [0.2, 0.25) is 0 Å². The molecule has 0 bridgehead atoms. The number of aliphatic hydroxyl groups excluding tert-OH is 1. The molecule has 0 spiro atoms. The maximum Gasteiger partial charge on any atom is 0.0443 e. The zero-order valence-corrected chi connectivity index (χ0v) is 8.92. The van der Waals surface area contributed by atoms with E-state index in [1.54, 1.807) is 0 Å². The molecule has 2 N–H and O–H groups in total. The van der Waals surface area contributed by atoms with Crippen LogP contribution in [0.2, 0.25) is 0 Å². The van der Waals surface area contributed by atoms with Gasteiger partial charge in [-0.15, -0.1) is 0 Å².